The second-order valence-electron chi connectivity index (χ2n) is 9.27. The number of ether oxygens (including phenoxy) is 1. The monoisotopic (exact) mass is 340 g/mol. The zero-order chi connectivity index (χ0) is 18.4. The molecule has 0 aromatic heterocycles. The zero-order valence-corrected chi connectivity index (χ0v) is 17.2. The number of guanidine groups is 1. The standard InChI is InChI=1S/C19H40N4O/c1-18(2,3)16-15(10-9-11-24-16)12-21-17(20-6)22-13-19(4,5)14-23(7)8/h15-16H,9-14H2,1-8H3,(H2,20,21,22). The molecule has 142 valence electrons. The molecule has 1 rings (SSSR count). The Labute approximate surface area is 149 Å². The summed E-state index contributed by atoms with van der Waals surface area (Å²) in [6, 6.07) is 0. The van der Waals surface area contributed by atoms with Crippen molar-refractivity contribution in [3.8, 4) is 0 Å². The number of aliphatic imine (C=N–C) groups is 1. The highest BCUT2D eigenvalue weighted by atomic mass is 16.5. The summed E-state index contributed by atoms with van der Waals surface area (Å²) in [5.74, 6) is 1.42. The van der Waals surface area contributed by atoms with Crippen LogP contribution in [0.1, 0.15) is 47.5 Å². The van der Waals surface area contributed by atoms with E-state index in [1.54, 1.807) is 0 Å². The fraction of sp³-hybridized carbons (Fsp3) is 0.947. The van der Waals surface area contributed by atoms with Gasteiger partial charge >= 0.3 is 0 Å². The van der Waals surface area contributed by atoms with Crippen LogP contribution in [0.4, 0.5) is 0 Å². The Morgan fingerprint density at radius 1 is 1.17 bits per heavy atom. The average Bonchev–Trinajstić information content (AvgIpc) is 2.45. The molecule has 24 heavy (non-hydrogen) atoms. The maximum atomic E-state index is 6.07. The van der Waals surface area contributed by atoms with Crippen molar-refractivity contribution in [1.82, 2.24) is 15.5 Å². The molecular formula is C19H40N4O. The average molecular weight is 341 g/mol. The Balaban J connectivity index is 2.51. The third-order valence-corrected chi connectivity index (χ3v) is 4.53. The molecule has 2 atom stereocenters. The van der Waals surface area contributed by atoms with Crippen LogP contribution >= 0.6 is 0 Å². The molecule has 0 bridgehead atoms. The smallest absolute Gasteiger partial charge is 0.191 e. The first-order chi connectivity index (χ1) is 11.0. The predicted molar refractivity (Wildman–Crippen MR) is 104 cm³/mol. The van der Waals surface area contributed by atoms with Gasteiger partial charge in [-0.15, -0.1) is 0 Å². The Hall–Kier alpha value is -0.810. The van der Waals surface area contributed by atoms with Crippen LogP contribution in [0, 0.1) is 16.7 Å². The Kier molecular flexibility index (Phi) is 8.00. The van der Waals surface area contributed by atoms with Gasteiger partial charge in [-0.25, -0.2) is 0 Å². The Morgan fingerprint density at radius 2 is 1.83 bits per heavy atom. The largest absolute Gasteiger partial charge is 0.377 e. The molecule has 2 N–H and O–H groups in total. The summed E-state index contributed by atoms with van der Waals surface area (Å²) < 4.78 is 6.07. The molecule has 1 aliphatic rings. The summed E-state index contributed by atoms with van der Waals surface area (Å²) in [7, 11) is 6.07. The first kappa shape index (κ1) is 21.2. The van der Waals surface area contributed by atoms with E-state index in [-0.39, 0.29) is 10.8 Å². The van der Waals surface area contributed by atoms with E-state index in [0.717, 1.165) is 38.6 Å². The van der Waals surface area contributed by atoms with E-state index in [2.05, 4.69) is 69.2 Å². The molecule has 0 spiro atoms. The summed E-state index contributed by atoms with van der Waals surface area (Å²) in [4.78, 5) is 6.61. The van der Waals surface area contributed by atoms with Crippen LogP contribution in [0.5, 0.6) is 0 Å². The van der Waals surface area contributed by atoms with Crippen molar-refractivity contribution in [1.29, 1.82) is 0 Å². The Bertz CT molecular complexity index is 399. The van der Waals surface area contributed by atoms with Crippen molar-refractivity contribution in [3.05, 3.63) is 0 Å². The van der Waals surface area contributed by atoms with Crippen molar-refractivity contribution in [2.75, 3.05) is 47.4 Å². The van der Waals surface area contributed by atoms with Crippen LogP contribution in [0.25, 0.3) is 0 Å². The van der Waals surface area contributed by atoms with Gasteiger partial charge in [0, 0.05) is 39.2 Å². The normalized spacial score (nSPS) is 23.5. The summed E-state index contributed by atoms with van der Waals surface area (Å²) in [6.07, 6.45) is 2.68. The summed E-state index contributed by atoms with van der Waals surface area (Å²) in [5, 5.41) is 6.99. The van der Waals surface area contributed by atoms with Gasteiger partial charge in [-0.2, -0.15) is 0 Å². The molecule has 0 radical (unpaired) electrons. The first-order valence-electron chi connectivity index (χ1n) is 9.26. The Morgan fingerprint density at radius 3 is 2.38 bits per heavy atom. The minimum Gasteiger partial charge on any atom is -0.377 e. The van der Waals surface area contributed by atoms with Gasteiger partial charge in [-0.1, -0.05) is 34.6 Å². The van der Waals surface area contributed by atoms with E-state index in [0.29, 0.717) is 12.0 Å². The van der Waals surface area contributed by atoms with Crippen LogP contribution in [-0.4, -0.2) is 64.3 Å². The molecule has 2 unspecified atom stereocenters. The number of hydrogen-bond acceptors (Lipinski definition) is 3. The number of rotatable bonds is 6. The molecular weight excluding hydrogens is 300 g/mol. The van der Waals surface area contributed by atoms with Gasteiger partial charge in [0.05, 0.1) is 6.10 Å². The third kappa shape index (κ3) is 7.39. The molecule has 0 aromatic rings. The molecule has 5 heteroatoms. The minimum atomic E-state index is 0.178. The highest BCUT2D eigenvalue weighted by Crippen LogP contribution is 2.33. The van der Waals surface area contributed by atoms with E-state index < -0.39 is 0 Å². The van der Waals surface area contributed by atoms with Gasteiger partial charge in [-0.05, 0) is 37.8 Å². The lowest BCUT2D eigenvalue weighted by Crippen LogP contribution is -2.49. The van der Waals surface area contributed by atoms with Crippen LogP contribution in [0.3, 0.4) is 0 Å². The van der Waals surface area contributed by atoms with E-state index in [4.69, 9.17) is 4.74 Å². The van der Waals surface area contributed by atoms with E-state index >= 15 is 0 Å². The van der Waals surface area contributed by atoms with Crippen LogP contribution in [0.2, 0.25) is 0 Å². The molecule has 1 heterocycles. The van der Waals surface area contributed by atoms with Crippen molar-refractivity contribution >= 4 is 5.96 Å². The number of nitrogens with one attached hydrogen (secondary N) is 2. The summed E-state index contributed by atoms with van der Waals surface area (Å²) in [5.41, 5.74) is 0.375. The SMILES string of the molecule is CN=C(NCC1CCCOC1C(C)(C)C)NCC(C)(C)CN(C)C. The van der Waals surface area contributed by atoms with Crippen molar-refractivity contribution in [2.24, 2.45) is 21.7 Å². The lowest BCUT2D eigenvalue weighted by atomic mass is 9.78. The van der Waals surface area contributed by atoms with Gasteiger partial charge < -0.3 is 20.3 Å². The second kappa shape index (κ2) is 9.04. The van der Waals surface area contributed by atoms with Crippen LogP contribution in [-0.2, 0) is 4.74 Å². The summed E-state index contributed by atoms with van der Waals surface area (Å²) >= 11 is 0. The topological polar surface area (TPSA) is 48.9 Å². The molecule has 5 nitrogen and oxygen atoms in total. The first-order valence-corrected chi connectivity index (χ1v) is 9.26. The van der Waals surface area contributed by atoms with Gasteiger partial charge in [-0.3, -0.25) is 4.99 Å². The number of hydrogen-bond donors (Lipinski definition) is 2. The third-order valence-electron chi connectivity index (χ3n) is 4.53. The fourth-order valence-electron chi connectivity index (χ4n) is 3.69. The maximum absolute atomic E-state index is 6.07. The molecule has 0 amide bonds. The highest BCUT2D eigenvalue weighted by molar-refractivity contribution is 5.79. The lowest BCUT2D eigenvalue weighted by molar-refractivity contribution is -0.0835. The van der Waals surface area contributed by atoms with Gasteiger partial charge in [0.15, 0.2) is 5.96 Å². The maximum Gasteiger partial charge on any atom is 0.191 e. The summed E-state index contributed by atoms with van der Waals surface area (Å²) in [6.45, 7) is 15.1. The quantitative estimate of drug-likeness (QED) is 0.576. The van der Waals surface area contributed by atoms with Crippen molar-refractivity contribution < 1.29 is 4.74 Å². The second-order valence-corrected chi connectivity index (χ2v) is 9.27. The van der Waals surface area contributed by atoms with Crippen LogP contribution in [0.15, 0.2) is 4.99 Å². The van der Waals surface area contributed by atoms with Gasteiger partial charge in [0.1, 0.15) is 0 Å². The fourth-order valence-corrected chi connectivity index (χ4v) is 3.69. The molecule has 0 aromatic carbocycles. The van der Waals surface area contributed by atoms with Crippen molar-refractivity contribution in [3.63, 3.8) is 0 Å². The van der Waals surface area contributed by atoms with Gasteiger partial charge in [0.25, 0.3) is 0 Å². The predicted octanol–water partition coefficient (Wildman–Crippen LogP) is 2.58. The van der Waals surface area contributed by atoms with E-state index in [9.17, 15) is 0 Å². The van der Waals surface area contributed by atoms with E-state index in [1.807, 2.05) is 7.05 Å². The lowest BCUT2D eigenvalue weighted by Gasteiger charge is -2.40. The molecule has 0 aliphatic carbocycles. The molecule has 1 saturated heterocycles. The highest BCUT2D eigenvalue weighted by Gasteiger charge is 2.35. The molecule has 1 aliphatic heterocycles. The van der Waals surface area contributed by atoms with Crippen LogP contribution < -0.4 is 10.6 Å². The zero-order valence-electron chi connectivity index (χ0n) is 17.2. The molecule has 0 saturated carbocycles. The minimum absolute atomic E-state index is 0.178. The van der Waals surface area contributed by atoms with Crippen molar-refractivity contribution in [2.45, 2.75) is 53.6 Å². The van der Waals surface area contributed by atoms with Gasteiger partial charge in [0.2, 0.25) is 0 Å². The molecule has 1 fully saturated rings. The number of nitrogens with zero attached hydrogens (tertiary/aromatic N) is 2. The van der Waals surface area contributed by atoms with E-state index in [1.165, 1.54) is 6.42 Å².